The Morgan fingerprint density at radius 2 is 2.20 bits per heavy atom. The monoisotopic (exact) mass is 297 g/mol. The van der Waals surface area contributed by atoms with Crippen molar-refractivity contribution in [2.24, 2.45) is 11.1 Å². The van der Waals surface area contributed by atoms with Crippen LogP contribution in [0.2, 0.25) is 0 Å². The molecule has 0 aliphatic rings. The quantitative estimate of drug-likeness (QED) is 0.882. The summed E-state index contributed by atoms with van der Waals surface area (Å²) in [6, 6.07) is 4.71. The van der Waals surface area contributed by atoms with Crippen molar-refractivity contribution in [3.8, 4) is 0 Å². The van der Waals surface area contributed by atoms with Gasteiger partial charge >= 0.3 is 0 Å². The molecule has 0 aliphatic heterocycles. The van der Waals surface area contributed by atoms with E-state index in [-0.39, 0.29) is 5.52 Å². The third-order valence-corrected chi connectivity index (χ3v) is 3.53. The number of rotatable bonds is 4. The first-order valence-electron chi connectivity index (χ1n) is 6.32. The average Bonchev–Trinajstić information content (AvgIpc) is 2.69. The normalized spacial score (nSPS) is 13.7. The van der Waals surface area contributed by atoms with Gasteiger partial charge in [-0.3, -0.25) is 4.79 Å². The number of carbonyl (C=O) groups excluding carboxylic acids is 1. The van der Waals surface area contributed by atoms with E-state index >= 15 is 0 Å². The highest BCUT2D eigenvalue weighted by Crippen LogP contribution is 2.29. The van der Waals surface area contributed by atoms with Gasteiger partial charge in [-0.05, 0) is 32.9 Å². The van der Waals surface area contributed by atoms with Gasteiger partial charge in [0, 0.05) is 6.54 Å². The van der Waals surface area contributed by atoms with Gasteiger partial charge in [-0.1, -0.05) is 6.07 Å². The van der Waals surface area contributed by atoms with E-state index in [1.807, 2.05) is 0 Å². The molecule has 108 valence electrons. The molecule has 0 radical (unpaired) electrons. The number of nitrogens with zero attached hydrogens (tertiary/aromatic N) is 2. The van der Waals surface area contributed by atoms with Crippen LogP contribution in [-0.2, 0) is 11.3 Å². The number of fused-ring (bicyclic) bond motifs is 1. The van der Waals surface area contributed by atoms with E-state index in [2.05, 4.69) is 4.98 Å². The smallest absolute Gasteiger partial charge is 0.224 e. The van der Waals surface area contributed by atoms with E-state index in [9.17, 15) is 9.18 Å². The molecule has 1 aromatic carbocycles. The number of nitrogens with two attached hydrogens (primary N) is 1. The van der Waals surface area contributed by atoms with Crippen molar-refractivity contribution < 1.29 is 9.18 Å². The fraction of sp³-hybridized carbons (Fsp3) is 0.429. The van der Waals surface area contributed by atoms with Crippen LogP contribution in [0.5, 0.6) is 0 Å². The van der Waals surface area contributed by atoms with Crippen molar-refractivity contribution in [1.82, 2.24) is 9.55 Å². The summed E-state index contributed by atoms with van der Waals surface area (Å²) in [5.74, 6) is -0.304. The van der Waals surface area contributed by atoms with Gasteiger partial charge in [-0.15, -0.1) is 11.6 Å². The van der Waals surface area contributed by atoms with Crippen LogP contribution in [0.3, 0.4) is 0 Å². The van der Waals surface area contributed by atoms with E-state index in [1.54, 1.807) is 37.5 Å². The van der Waals surface area contributed by atoms with Crippen LogP contribution in [0.1, 0.15) is 32.0 Å². The van der Waals surface area contributed by atoms with Crippen LogP contribution in [-0.4, -0.2) is 15.5 Å². The van der Waals surface area contributed by atoms with Crippen LogP contribution >= 0.6 is 11.6 Å². The second kappa shape index (κ2) is 5.05. The molecule has 0 fully saturated rings. The zero-order valence-electron chi connectivity index (χ0n) is 11.7. The molecule has 0 saturated carbocycles. The molecule has 1 atom stereocenters. The number of carbonyl (C=O) groups is 1. The van der Waals surface area contributed by atoms with Gasteiger partial charge in [0.05, 0.1) is 16.3 Å². The summed E-state index contributed by atoms with van der Waals surface area (Å²) in [5, 5.41) is -0.398. The van der Waals surface area contributed by atoms with Gasteiger partial charge in [0.1, 0.15) is 11.3 Å². The van der Waals surface area contributed by atoms with Gasteiger partial charge in [-0.2, -0.15) is 0 Å². The molecule has 1 amide bonds. The maximum Gasteiger partial charge on any atom is 0.224 e. The van der Waals surface area contributed by atoms with E-state index in [0.29, 0.717) is 17.9 Å². The fourth-order valence-corrected chi connectivity index (χ4v) is 2.24. The molecule has 2 aromatic rings. The summed E-state index contributed by atoms with van der Waals surface area (Å²) in [7, 11) is 0. The Labute approximate surface area is 121 Å². The van der Waals surface area contributed by atoms with Crippen LogP contribution in [0.25, 0.3) is 11.0 Å². The Hall–Kier alpha value is -1.62. The topological polar surface area (TPSA) is 60.9 Å². The lowest BCUT2D eigenvalue weighted by atomic mass is 9.92. The van der Waals surface area contributed by atoms with Crippen molar-refractivity contribution in [3.63, 3.8) is 0 Å². The maximum atomic E-state index is 13.8. The third kappa shape index (κ3) is 2.50. The first-order valence-corrected chi connectivity index (χ1v) is 6.76. The lowest BCUT2D eigenvalue weighted by molar-refractivity contribution is -0.126. The Morgan fingerprint density at radius 1 is 1.55 bits per heavy atom. The summed E-state index contributed by atoms with van der Waals surface area (Å²) in [4.78, 5) is 15.8. The Balaban J connectivity index is 2.64. The van der Waals surface area contributed by atoms with Gasteiger partial charge in [-0.25, -0.2) is 9.37 Å². The van der Waals surface area contributed by atoms with Gasteiger partial charge in [0.15, 0.2) is 5.82 Å². The molecular weight excluding hydrogens is 281 g/mol. The minimum atomic E-state index is -0.777. The number of alkyl halides is 1. The standard InChI is InChI=1S/C14H17ClFN3O/c1-8(15)12-18-11-9(16)5-4-6-10(11)19(12)7-14(2,3)13(17)20/h4-6,8H,7H2,1-3H3,(H2,17,20). The van der Waals surface area contributed by atoms with E-state index in [0.717, 1.165) is 0 Å². The lowest BCUT2D eigenvalue weighted by Crippen LogP contribution is -2.35. The van der Waals surface area contributed by atoms with Gasteiger partial charge in [0.25, 0.3) is 0 Å². The zero-order chi connectivity index (χ0) is 15.1. The second-order valence-corrected chi connectivity index (χ2v) is 6.18. The Morgan fingerprint density at radius 3 is 2.75 bits per heavy atom. The molecule has 1 heterocycles. The molecule has 0 bridgehead atoms. The average molecular weight is 298 g/mol. The first kappa shape index (κ1) is 14.8. The maximum absolute atomic E-state index is 13.8. The third-order valence-electron chi connectivity index (χ3n) is 3.34. The molecule has 6 heteroatoms. The van der Waals surface area contributed by atoms with Crippen LogP contribution in [0, 0.1) is 11.2 Å². The molecule has 1 unspecified atom stereocenters. The van der Waals surface area contributed by atoms with Crippen LogP contribution in [0.15, 0.2) is 18.2 Å². The number of primary amides is 1. The number of aromatic nitrogens is 2. The number of imidazole rings is 1. The molecular formula is C14H17ClFN3O. The van der Waals surface area contributed by atoms with E-state index in [4.69, 9.17) is 17.3 Å². The number of amides is 1. The molecule has 0 spiro atoms. The SMILES string of the molecule is CC(Cl)c1nc2c(F)cccc2n1CC(C)(C)C(N)=O. The second-order valence-electron chi connectivity index (χ2n) is 5.53. The van der Waals surface area contributed by atoms with Crippen molar-refractivity contribution in [3.05, 3.63) is 29.8 Å². The van der Waals surface area contributed by atoms with Crippen molar-refractivity contribution in [1.29, 1.82) is 0 Å². The molecule has 2 rings (SSSR count). The molecule has 1 aromatic heterocycles. The largest absolute Gasteiger partial charge is 0.369 e. The Kier molecular flexibility index (Phi) is 3.73. The lowest BCUT2D eigenvalue weighted by Gasteiger charge is -2.23. The summed E-state index contributed by atoms with van der Waals surface area (Å²) >= 11 is 6.12. The first-order chi connectivity index (χ1) is 9.24. The van der Waals surface area contributed by atoms with Crippen LogP contribution in [0.4, 0.5) is 4.39 Å². The molecule has 0 aliphatic carbocycles. The van der Waals surface area contributed by atoms with Crippen molar-refractivity contribution in [2.45, 2.75) is 32.7 Å². The molecule has 20 heavy (non-hydrogen) atoms. The number of benzene rings is 1. The zero-order valence-corrected chi connectivity index (χ0v) is 12.4. The van der Waals surface area contributed by atoms with E-state index in [1.165, 1.54) is 6.07 Å². The highest BCUT2D eigenvalue weighted by atomic mass is 35.5. The summed E-state index contributed by atoms with van der Waals surface area (Å²) in [6.45, 7) is 5.54. The number of hydrogen-bond acceptors (Lipinski definition) is 2. The molecule has 4 nitrogen and oxygen atoms in total. The molecule has 0 saturated heterocycles. The minimum absolute atomic E-state index is 0.260. The van der Waals surface area contributed by atoms with E-state index < -0.39 is 22.5 Å². The fourth-order valence-electron chi connectivity index (χ4n) is 2.07. The van der Waals surface area contributed by atoms with Crippen LogP contribution < -0.4 is 5.73 Å². The number of hydrogen-bond donors (Lipinski definition) is 1. The number of halogens is 2. The highest BCUT2D eigenvalue weighted by Gasteiger charge is 2.28. The van der Waals surface area contributed by atoms with Gasteiger partial charge in [0.2, 0.25) is 5.91 Å². The predicted octanol–water partition coefficient (Wildman–Crippen LogP) is 2.99. The van der Waals surface area contributed by atoms with Gasteiger partial charge < -0.3 is 10.3 Å². The summed E-state index contributed by atoms with van der Waals surface area (Å²) in [6.07, 6.45) is 0. The molecule has 2 N–H and O–H groups in total. The van der Waals surface area contributed by atoms with Crippen molar-refractivity contribution >= 4 is 28.5 Å². The highest BCUT2D eigenvalue weighted by molar-refractivity contribution is 6.20. The predicted molar refractivity (Wildman–Crippen MR) is 76.9 cm³/mol. The summed E-state index contributed by atoms with van der Waals surface area (Å²) in [5.41, 5.74) is 5.50. The minimum Gasteiger partial charge on any atom is -0.369 e. The Bertz CT molecular complexity index is 664. The summed E-state index contributed by atoms with van der Waals surface area (Å²) < 4.78 is 15.6. The van der Waals surface area contributed by atoms with Crippen molar-refractivity contribution in [2.75, 3.05) is 0 Å². The number of para-hydroxylation sites is 1.